The first kappa shape index (κ1) is 21.0. The van der Waals surface area contributed by atoms with E-state index in [9.17, 15) is 13.5 Å². The van der Waals surface area contributed by atoms with Crippen LogP contribution < -0.4 is 10.5 Å². The van der Waals surface area contributed by atoms with Gasteiger partial charge in [-0.25, -0.2) is 18.5 Å². The van der Waals surface area contributed by atoms with E-state index in [0.717, 1.165) is 22.5 Å². The van der Waals surface area contributed by atoms with E-state index in [4.69, 9.17) is 5.14 Å². The Labute approximate surface area is 184 Å². The van der Waals surface area contributed by atoms with E-state index in [0.29, 0.717) is 22.1 Å². The molecule has 0 aliphatic carbocycles. The van der Waals surface area contributed by atoms with Gasteiger partial charge >= 0.3 is 0 Å². The highest BCUT2D eigenvalue weighted by molar-refractivity contribution is 7.89. The van der Waals surface area contributed by atoms with Gasteiger partial charge in [0.25, 0.3) is 0 Å². The largest absolute Gasteiger partial charge is 0.508 e. The number of sulfonamides is 1. The molecular formula is C22H20N4O3S2. The number of thiazole rings is 1. The van der Waals surface area contributed by atoms with Crippen molar-refractivity contribution >= 4 is 32.2 Å². The summed E-state index contributed by atoms with van der Waals surface area (Å²) in [7, 11) is -3.94. The third-order valence-corrected chi connectivity index (χ3v) is 6.28. The van der Waals surface area contributed by atoms with Crippen molar-refractivity contribution in [2.45, 2.75) is 18.7 Å². The molecule has 0 saturated carbocycles. The molecule has 0 amide bonds. The fourth-order valence-electron chi connectivity index (χ4n) is 3.29. The lowest BCUT2D eigenvalue weighted by Crippen LogP contribution is -2.14. The molecule has 2 aromatic carbocycles. The second-order valence-corrected chi connectivity index (χ2v) is 9.53. The van der Waals surface area contributed by atoms with E-state index in [1.165, 1.54) is 17.4 Å². The summed E-state index contributed by atoms with van der Waals surface area (Å²) in [6.45, 7) is 3.78. The van der Waals surface area contributed by atoms with E-state index in [2.05, 4.69) is 15.3 Å². The molecule has 0 aliphatic heterocycles. The summed E-state index contributed by atoms with van der Waals surface area (Å²) in [4.78, 5) is 9.06. The van der Waals surface area contributed by atoms with Gasteiger partial charge in [-0.3, -0.25) is 4.98 Å². The SMILES string of the molecule is Cc1cc(C)nc(-c2cc(Nc3nc(-c4cccc(O)c4)cs3)ccc2S(N)(=O)=O)c1. The monoisotopic (exact) mass is 452 g/mol. The van der Waals surface area contributed by atoms with E-state index in [1.807, 2.05) is 37.4 Å². The minimum atomic E-state index is -3.94. The first-order valence-electron chi connectivity index (χ1n) is 9.33. The van der Waals surface area contributed by atoms with Crippen LogP contribution >= 0.6 is 11.3 Å². The number of phenols is 1. The summed E-state index contributed by atoms with van der Waals surface area (Å²) in [5.41, 5.74) is 4.88. The summed E-state index contributed by atoms with van der Waals surface area (Å²) in [6.07, 6.45) is 0. The standard InChI is InChI=1S/C22H20N4O3S2/c1-13-8-14(2)24-19(9-13)18-11-16(6-7-21(18)31(23,28)29)25-22-26-20(12-30-22)15-4-3-5-17(27)10-15/h3-12,27H,1-2H3,(H,25,26)(H2,23,28,29). The van der Waals surface area contributed by atoms with Crippen molar-refractivity contribution < 1.29 is 13.5 Å². The number of phenolic OH excluding ortho intramolecular Hbond substituents is 1. The first-order chi connectivity index (χ1) is 14.7. The quantitative estimate of drug-likeness (QED) is 0.408. The summed E-state index contributed by atoms with van der Waals surface area (Å²) in [5.74, 6) is 0.171. The average Bonchev–Trinajstić information content (AvgIpc) is 3.15. The Balaban J connectivity index is 1.72. The molecule has 9 heteroatoms. The second kappa shape index (κ2) is 8.10. The molecule has 2 aromatic heterocycles. The second-order valence-electron chi connectivity index (χ2n) is 7.14. The minimum absolute atomic E-state index is 0.00939. The lowest BCUT2D eigenvalue weighted by Gasteiger charge is -2.12. The van der Waals surface area contributed by atoms with Gasteiger partial charge in [0.2, 0.25) is 10.0 Å². The topological polar surface area (TPSA) is 118 Å². The van der Waals surface area contributed by atoms with Gasteiger partial charge in [0.05, 0.1) is 16.3 Å². The molecule has 4 aromatic rings. The van der Waals surface area contributed by atoms with Crippen LogP contribution in [-0.4, -0.2) is 23.5 Å². The molecule has 31 heavy (non-hydrogen) atoms. The predicted molar refractivity (Wildman–Crippen MR) is 123 cm³/mol. The number of aromatic nitrogens is 2. The van der Waals surface area contributed by atoms with Gasteiger partial charge in [-0.2, -0.15) is 0 Å². The van der Waals surface area contributed by atoms with Crippen molar-refractivity contribution in [3.63, 3.8) is 0 Å². The van der Waals surface area contributed by atoms with Crippen molar-refractivity contribution in [2.75, 3.05) is 5.32 Å². The highest BCUT2D eigenvalue weighted by Crippen LogP contribution is 2.33. The van der Waals surface area contributed by atoms with Crippen molar-refractivity contribution in [2.24, 2.45) is 5.14 Å². The molecule has 4 N–H and O–H groups in total. The molecule has 0 saturated heterocycles. The molecule has 0 atom stereocenters. The Morgan fingerprint density at radius 1 is 1.00 bits per heavy atom. The summed E-state index contributed by atoms with van der Waals surface area (Å²) in [6, 6.07) is 15.4. The van der Waals surface area contributed by atoms with Gasteiger partial charge in [0.15, 0.2) is 5.13 Å². The third-order valence-electron chi connectivity index (χ3n) is 4.56. The average molecular weight is 453 g/mol. The molecule has 0 bridgehead atoms. The number of benzene rings is 2. The van der Waals surface area contributed by atoms with Gasteiger partial charge in [-0.15, -0.1) is 11.3 Å². The smallest absolute Gasteiger partial charge is 0.238 e. The molecule has 0 spiro atoms. The number of hydrogen-bond acceptors (Lipinski definition) is 7. The fourth-order valence-corrected chi connectivity index (χ4v) is 4.76. The number of hydrogen-bond donors (Lipinski definition) is 3. The zero-order chi connectivity index (χ0) is 22.2. The Hall–Kier alpha value is -3.27. The van der Waals surface area contributed by atoms with Crippen molar-refractivity contribution in [1.29, 1.82) is 0 Å². The third kappa shape index (κ3) is 4.74. The van der Waals surface area contributed by atoms with Crippen LogP contribution in [0.5, 0.6) is 5.75 Å². The van der Waals surface area contributed by atoms with Crippen LogP contribution in [0.25, 0.3) is 22.5 Å². The van der Waals surface area contributed by atoms with Gasteiger partial charge in [0.1, 0.15) is 5.75 Å². The maximum absolute atomic E-state index is 12.2. The Morgan fingerprint density at radius 3 is 2.52 bits per heavy atom. The van der Waals surface area contributed by atoms with Crippen LogP contribution in [0.3, 0.4) is 0 Å². The van der Waals surface area contributed by atoms with E-state index in [-0.39, 0.29) is 10.6 Å². The molecular weight excluding hydrogens is 432 g/mol. The number of rotatable bonds is 5. The lowest BCUT2D eigenvalue weighted by atomic mass is 10.1. The van der Waals surface area contributed by atoms with Crippen molar-refractivity contribution in [3.8, 4) is 28.3 Å². The zero-order valence-corrected chi connectivity index (χ0v) is 18.5. The number of nitrogens with one attached hydrogen (secondary N) is 1. The summed E-state index contributed by atoms with van der Waals surface area (Å²) < 4.78 is 24.3. The van der Waals surface area contributed by atoms with Crippen molar-refractivity contribution in [3.05, 3.63) is 71.2 Å². The van der Waals surface area contributed by atoms with Crippen LogP contribution in [0.4, 0.5) is 10.8 Å². The van der Waals surface area contributed by atoms with Crippen LogP contribution in [0, 0.1) is 13.8 Å². The van der Waals surface area contributed by atoms with E-state index < -0.39 is 10.0 Å². The summed E-state index contributed by atoms with van der Waals surface area (Å²) >= 11 is 1.40. The normalized spacial score (nSPS) is 11.5. The number of primary sulfonamides is 1. The molecule has 0 unspecified atom stereocenters. The molecule has 0 aliphatic rings. The highest BCUT2D eigenvalue weighted by atomic mass is 32.2. The number of aryl methyl sites for hydroxylation is 2. The molecule has 7 nitrogen and oxygen atoms in total. The maximum Gasteiger partial charge on any atom is 0.238 e. The van der Waals surface area contributed by atoms with Crippen molar-refractivity contribution in [1.82, 2.24) is 9.97 Å². The Bertz CT molecular complexity index is 1360. The zero-order valence-electron chi connectivity index (χ0n) is 16.8. The lowest BCUT2D eigenvalue weighted by molar-refractivity contribution is 0.475. The van der Waals surface area contributed by atoms with E-state index >= 15 is 0 Å². The number of nitrogens with two attached hydrogens (primary N) is 1. The molecule has 2 heterocycles. The fraction of sp³-hybridized carbons (Fsp3) is 0.0909. The molecule has 4 rings (SSSR count). The molecule has 158 valence electrons. The van der Waals surface area contributed by atoms with Crippen LogP contribution in [0.1, 0.15) is 11.3 Å². The number of aromatic hydroxyl groups is 1. The van der Waals surface area contributed by atoms with Gasteiger partial charge < -0.3 is 10.4 Å². The van der Waals surface area contributed by atoms with Gasteiger partial charge in [0, 0.05) is 27.9 Å². The minimum Gasteiger partial charge on any atom is -0.508 e. The number of nitrogens with zero attached hydrogens (tertiary/aromatic N) is 2. The Morgan fingerprint density at radius 2 is 1.81 bits per heavy atom. The van der Waals surface area contributed by atoms with Crippen LogP contribution in [-0.2, 0) is 10.0 Å². The highest BCUT2D eigenvalue weighted by Gasteiger charge is 2.18. The van der Waals surface area contributed by atoms with E-state index in [1.54, 1.807) is 30.3 Å². The number of pyridine rings is 1. The maximum atomic E-state index is 12.2. The Kier molecular flexibility index (Phi) is 5.48. The van der Waals surface area contributed by atoms with Gasteiger partial charge in [-0.1, -0.05) is 12.1 Å². The predicted octanol–water partition coefficient (Wildman–Crippen LogP) is 4.59. The first-order valence-corrected chi connectivity index (χ1v) is 11.8. The van der Waals surface area contributed by atoms with Gasteiger partial charge in [-0.05, 0) is 61.9 Å². The molecule has 0 radical (unpaired) electrons. The number of anilines is 2. The molecule has 0 fully saturated rings. The van der Waals surface area contributed by atoms with Crippen LogP contribution in [0.2, 0.25) is 0 Å². The summed E-state index contributed by atoms with van der Waals surface area (Å²) in [5, 5.41) is 20.8. The van der Waals surface area contributed by atoms with Crippen LogP contribution in [0.15, 0.2) is 64.9 Å².